The van der Waals surface area contributed by atoms with E-state index in [0.29, 0.717) is 0 Å². The van der Waals surface area contributed by atoms with Crippen molar-refractivity contribution in [3.8, 4) is 17.9 Å². The van der Waals surface area contributed by atoms with E-state index in [9.17, 15) is 0 Å². The van der Waals surface area contributed by atoms with Gasteiger partial charge in [-0.15, -0.1) is 0 Å². The van der Waals surface area contributed by atoms with E-state index < -0.39 is 0 Å². The second-order valence-corrected chi connectivity index (χ2v) is 2.53. The van der Waals surface area contributed by atoms with Gasteiger partial charge < -0.3 is 5.11 Å². The van der Waals surface area contributed by atoms with Gasteiger partial charge in [-0.05, 0) is 28.1 Å². The molecule has 0 saturated carbocycles. The highest BCUT2D eigenvalue weighted by Crippen LogP contribution is 2.21. The third-order valence-electron chi connectivity index (χ3n) is 0.902. The van der Waals surface area contributed by atoms with Gasteiger partial charge in [-0.2, -0.15) is 10.5 Å². The van der Waals surface area contributed by atoms with Gasteiger partial charge in [0.05, 0.1) is 4.47 Å². The number of phenols is 1. The Morgan fingerprint density at radius 3 is 1.92 bits per heavy atom. The zero-order valence-corrected chi connectivity index (χ0v) is 7.62. The Balaban J connectivity index is 0.000000261. The summed E-state index contributed by atoms with van der Waals surface area (Å²) in [5, 5.41) is 23.4. The van der Waals surface area contributed by atoms with Crippen LogP contribution < -0.4 is 0 Å². The van der Waals surface area contributed by atoms with Crippen LogP contribution in [0.25, 0.3) is 0 Å². The first-order valence-corrected chi connectivity index (χ1v) is 3.73. The number of aromatic hydroxyl groups is 1. The summed E-state index contributed by atoms with van der Waals surface area (Å²) in [4.78, 5) is 0. The van der Waals surface area contributed by atoms with E-state index in [1.807, 2.05) is 6.07 Å². The molecule has 0 saturated heterocycles. The maximum Gasteiger partial charge on any atom is 0.181 e. The van der Waals surface area contributed by atoms with E-state index in [1.165, 1.54) is 12.1 Å². The summed E-state index contributed by atoms with van der Waals surface area (Å²) in [6.07, 6.45) is 0. The molecule has 0 unspecified atom stereocenters. The van der Waals surface area contributed by atoms with Crippen LogP contribution in [0.15, 0.2) is 28.7 Å². The summed E-state index contributed by atoms with van der Waals surface area (Å²) < 4.78 is 0.736. The summed E-state index contributed by atoms with van der Waals surface area (Å²) >= 11 is 3.15. The molecule has 0 spiro atoms. The van der Waals surface area contributed by atoms with Gasteiger partial charge in [0.15, 0.2) is 12.1 Å². The van der Waals surface area contributed by atoms with Crippen molar-refractivity contribution in [2.75, 3.05) is 0 Å². The molecule has 1 aromatic carbocycles. The van der Waals surface area contributed by atoms with Crippen LogP contribution in [-0.2, 0) is 0 Å². The van der Waals surface area contributed by atoms with Gasteiger partial charge in [-0.1, -0.05) is 12.1 Å². The largest absolute Gasteiger partial charge is 0.507 e. The van der Waals surface area contributed by atoms with E-state index in [4.69, 9.17) is 15.6 Å². The van der Waals surface area contributed by atoms with Crippen LogP contribution in [0.1, 0.15) is 0 Å². The van der Waals surface area contributed by atoms with Crippen molar-refractivity contribution < 1.29 is 5.11 Å². The Labute approximate surface area is 78.6 Å². The molecule has 0 bridgehead atoms. The van der Waals surface area contributed by atoms with Crippen molar-refractivity contribution in [1.82, 2.24) is 0 Å². The van der Waals surface area contributed by atoms with E-state index in [2.05, 4.69) is 15.9 Å². The van der Waals surface area contributed by atoms with Crippen molar-refractivity contribution in [2.24, 2.45) is 0 Å². The van der Waals surface area contributed by atoms with Crippen molar-refractivity contribution in [1.29, 1.82) is 10.5 Å². The topological polar surface area (TPSA) is 67.8 Å². The monoisotopic (exact) mass is 224 g/mol. The van der Waals surface area contributed by atoms with Gasteiger partial charge in [-0.3, -0.25) is 0 Å². The van der Waals surface area contributed by atoms with Gasteiger partial charge in [0.1, 0.15) is 5.75 Å². The SMILES string of the molecule is N#CC#N.Oc1ccccc1Br. The number of hydrogen-bond donors (Lipinski definition) is 1. The number of benzene rings is 1. The highest BCUT2D eigenvalue weighted by Gasteiger charge is 1.89. The summed E-state index contributed by atoms with van der Waals surface area (Å²) in [6.45, 7) is 0. The van der Waals surface area contributed by atoms with Gasteiger partial charge in [0.25, 0.3) is 0 Å². The zero-order valence-electron chi connectivity index (χ0n) is 6.03. The molecule has 0 heterocycles. The molecule has 0 amide bonds. The summed E-state index contributed by atoms with van der Waals surface area (Å²) in [7, 11) is 0. The number of nitriles is 2. The summed E-state index contributed by atoms with van der Waals surface area (Å²) in [5.74, 6) is 0.285. The third kappa shape index (κ3) is 4.32. The first kappa shape index (κ1) is 10.5. The molecule has 0 aliphatic heterocycles. The lowest BCUT2D eigenvalue weighted by atomic mass is 10.3. The smallest absolute Gasteiger partial charge is 0.181 e. The van der Waals surface area contributed by atoms with Crippen LogP contribution in [-0.4, -0.2) is 5.11 Å². The molecule has 1 rings (SSSR count). The second-order valence-electron chi connectivity index (χ2n) is 1.68. The third-order valence-corrected chi connectivity index (χ3v) is 1.57. The lowest BCUT2D eigenvalue weighted by Crippen LogP contribution is -1.63. The molecule has 1 aromatic rings. The first-order chi connectivity index (χ1) is 5.72. The second kappa shape index (κ2) is 6.21. The number of rotatable bonds is 0. The van der Waals surface area contributed by atoms with Gasteiger partial charge in [-0.25, -0.2) is 0 Å². The van der Waals surface area contributed by atoms with Crippen molar-refractivity contribution in [3.63, 3.8) is 0 Å². The standard InChI is InChI=1S/C6H5BrO.C2N2/c7-5-3-1-2-4-6(5)8;3-1-2-4/h1-4,8H;. The molecule has 0 atom stereocenters. The number of nitrogens with zero attached hydrogens (tertiary/aromatic N) is 2. The molecule has 0 aromatic heterocycles. The molecule has 0 radical (unpaired) electrons. The van der Waals surface area contributed by atoms with Crippen LogP contribution >= 0.6 is 15.9 Å². The number of hydrogen-bond acceptors (Lipinski definition) is 3. The van der Waals surface area contributed by atoms with Gasteiger partial charge in [0.2, 0.25) is 0 Å². The number of halogens is 1. The van der Waals surface area contributed by atoms with Crippen molar-refractivity contribution >= 4 is 15.9 Å². The van der Waals surface area contributed by atoms with Crippen molar-refractivity contribution in [2.45, 2.75) is 0 Å². The molecule has 3 nitrogen and oxygen atoms in total. The van der Waals surface area contributed by atoms with Gasteiger partial charge in [0, 0.05) is 0 Å². The quantitative estimate of drug-likeness (QED) is 0.735. The lowest BCUT2D eigenvalue weighted by Gasteiger charge is -1.90. The van der Waals surface area contributed by atoms with E-state index in [-0.39, 0.29) is 5.75 Å². The molecule has 1 N–H and O–H groups in total. The molecule has 12 heavy (non-hydrogen) atoms. The molecule has 4 heteroatoms. The Bertz CT molecular complexity index is 292. The fraction of sp³-hybridized carbons (Fsp3) is 0. The van der Waals surface area contributed by atoms with Crippen LogP contribution in [0.2, 0.25) is 0 Å². The number of para-hydroxylation sites is 1. The Morgan fingerprint density at radius 2 is 1.67 bits per heavy atom. The Morgan fingerprint density at radius 1 is 1.17 bits per heavy atom. The number of phenolic OH excluding ortho intramolecular Hbond substituents is 1. The van der Waals surface area contributed by atoms with E-state index in [1.54, 1.807) is 18.2 Å². The maximum absolute atomic E-state index is 8.87. The zero-order chi connectivity index (χ0) is 9.40. The Hall–Kier alpha value is -1.52. The minimum Gasteiger partial charge on any atom is -0.507 e. The van der Waals surface area contributed by atoms with Crippen LogP contribution in [0.3, 0.4) is 0 Å². The van der Waals surface area contributed by atoms with Gasteiger partial charge >= 0.3 is 0 Å². The predicted molar refractivity (Wildman–Crippen MR) is 47.0 cm³/mol. The normalized spacial score (nSPS) is 6.92. The highest BCUT2D eigenvalue weighted by atomic mass is 79.9. The van der Waals surface area contributed by atoms with Crippen molar-refractivity contribution in [3.05, 3.63) is 28.7 Å². The minimum atomic E-state index is 0.285. The molecule has 0 fully saturated rings. The average Bonchev–Trinajstić information content (AvgIpc) is 2.11. The molecular weight excluding hydrogens is 220 g/mol. The van der Waals surface area contributed by atoms with Crippen LogP contribution in [0.4, 0.5) is 0 Å². The molecular formula is C8H5BrN2O. The Kier molecular flexibility index (Phi) is 5.42. The first-order valence-electron chi connectivity index (χ1n) is 2.94. The predicted octanol–water partition coefficient (Wildman–Crippen LogP) is 2.19. The molecule has 60 valence electrons. The lowest BCUT2D eigenvalue weighted by molar-refractivity contribution is 0.472. The summed E-state index contributed by atoms with van der Waals surface area (Å²) in [5.41, 5.74) is 0. The average molecular weight is 225 g/mol. The minimum absolute atomic E-state index is 0.285. The maximum atomic E-state index is 8.87. The fourth-order valence-electron chi connectivity index (χ4n) is 0.452. The van der Waals surface area contributed by atoms with E-state index >= 15 is 0 Å². The molecule has 0 aliphatic carbocycles. The molecule has 0 aliphatic rings. The van der Waals surface area contributed by atoms with Crippen LogP contribution in [0.5, 0.6) is 5.75 Å². The summed E-state index contributed by atoms with van der Waals surface area (Å²) in [6, 6.07) is 9.52. The fourth-order valence-corrected chi connectivity index (χ4v) is 0.737. The highest BCUT2D eigenvalue weighted by molar-refractivity contribution is 9.10. The van der Waals surface area contributed by atoms with E-state index in [0.717, 1.165) is 4.47 Å². The van der Waals surface area contributed by atoms with Crippen LogP contribution in [0, 0.1) is 22.7 Å².